The third-order valence-corrected chi connectivity index (χ3v) is 5.06. The van der Waals surface area contributed by atoms with Crippen molar-refractivity contribution in [1.82, 2.24) is 24.4 Å². The molecule has 2 aliphatic heterocycles. The topological polar surface area (TPSA) is 80.0 Å². The molecular formula is C17H21N5O3. The van der Waals surface area contributed by atoms with Crippen LogP contribution >= 0.6 is 0 Å². The highest BCUT2D eigenvalue weighted by Gasteiger charge is 2.33. The lowest BCUT2D eigenvalue weighted by molar-refractivity contribution is 0.0656. The number of hydrogen-bond acceptors (Lipinski definition) is 5. The number of piperidine rings is 1. The Hall–Kier alpha value is -2.64. The number of fused-ring (bicyclic) bond motifs is 1. The van der Waals surface area contributed by atoms with E-state index in [0.29, 0.717) is 31.8 Å². The molecule has 2 amide bonds. The molecule has 2 fully saturated rings. The smallest absolute Gasteiger partial charge is 0.410 e. The Bertz CT molecular complexity index is 838. The van der Waals surface area contributed by atoms with Crippen LogP contribution in [0.15, 0.2) is 12.3 Å². The highest BCUT2D eigenvalue weighted by Crippen LogP contribution is 2.22. The molecule has 0 saturated carbocycles. The Kier molecular flexibility index (Phi) is 3.82. The minimum absolute atomic E-state index is 0.0255. The van der Waals surface area contributed by atoms with E-state index in [1.54, 1.807) is 15.6 Å². The SMILES string of the molecule is Cc1cc2ncc(C(=O)N3CCC(N4CCOC4=O)CC3)c(C)n2n1. The van der Waals surface area contributed by atoms with Gasteiger partial charge >= 0.3 is 6.09 Å². The van der Waals surface area contributed by atoms with E-state index in [2.05, 4.69) is 10.1 Å². The van der Waals surface area contributed by atoms with E-state index < -0.39 is 0 Å². The van der Waals surface area contributed by atoms with Gasteiger partial charge < -0.3 is 14.5 Å². The lowest BCUT2D eigenvalue weighted by Gasteiger charge is -2.35. The molecule has 0 aromatic carbocycles. The van der Waals surface area contributed by atoms with Crippen LogP contribution < -0.4 is 0 Å². The van der Waals surface area contributed by atoms with E-state index in [1.165, 1.54) is 0 Å². The molecule has 0 bridgehead atoms. The lowest BCUT2D eigenvalue weighted by Crippen LogP contribution is -2.47. The molecule has 2 aromatic heterocycles. The number of cyclic esters (lactones) is 1. The van der Waals surface area contributed by atoms with Gasteiger partial charge in [0, 0.05) is 31.4 Å². The van der Waals surface area contributed by atoms with Gasteiger partial charge in [0.2, 0.25) is 0 Å². The number of likely N-dealkylation sites (tertiary alicyclic amines) is 1. The van der Waals surface area contributed by atoms with Gasteiger partial charge in [0.25, 0.3) is 5.91 Å². The fourth-order valence-corrected chi connectivity index (χ4v) is 3.66. The molecule has 4 heterocycles. The summed E-state index contributed by atoms with van der Waals surface area (Å²) in [4.78, 5) is 32.6. The monoisotopic (exact) mass is 343 g/mol. The van der Waals surface area contributed by atoms with E-state index >= 15 is 0 Å². The van der Waals surface area contributed by atoms with Crippen LogP contribution in [0.2, 0.25) is 0 Å². The molecule has 4 rings (SSSR count). The summed E-state index contributed by atoms with van der Waals surface area (Å²) in [5, 5.41) is 4.40. The third kappa shape index (κ3) is 2.71. The van der Waals surface area contributed by atoms with Gasteiger partial charge in [0.05, 0.1) is 23.5 Å². The van der Waals surface area contributed by atoms with Crippen molar-refractivity contribution in [3.63, 3.8) is 0 Å². The maximum absolute atomic E-state index is 12.9. The molecule has 8 nitrogen and oxygen atoms in total. The van der Waals surface area contributed by atoms with E-state index in [4.69, 9.17) is 4.74 Å². The number of ether oxygens (including phenoxy) is 1. The second-order valence-electron chi connectivity index (χ2n) is 6.64. The van der Waals surface area contributed by atoms with Gasteiger partial charge in [-0.05, 0) is 26.7 Å². The second kappa shape index (κ2) is 6.02. The minimum atomic E-state index is -0.232. The number of aromatic nitrogens is 3. The molecule has 2 aromatic rings. The Morgan fingerprint density at radius 2 is 2.00 bits per heavy atom. The van der Waals surface area contributed by atoms with Gasteiger partial charge in [-0.25, -0.2) is 14.3 Å². The molecule has 0 aliphatic carbocycles. The predicted molar refractivity (Wildman–Crippen MR) is 89.4 cm³/mol. The first-order valence-electron chi connectivity index (χ1n) is 8.59. The van der Waals surface area contributed by atoms with Gasteiger partial charge in [-0.3, -0.25) is 4.79 Å². The molecule has 2 saturated heterocycles. The average Bonchev–Trinajstić information content (AvgIpc) is 3.20. The fraction of sp³-hybridized carbons (Fsp3) is 0.529. The zero-order valence-electron chi connectivity index (χ0n) is 14.4. The van der Waals surface area contributed by atoms with Crippen molar-refractivity contribution in [2.24, 2.45) is 0 Å². The number of amides is 2. The molecular weight excluding hydrogens is 322 g/mol. The number of rotatable bonds is 2. The molecule has 132 valence electrons. The lowest BCUT2D eigenvalue weighted by atomic mass is 10.0. The Morgan fingerprint density at radius 3 is 2.68 bits per heavy atom. The summed E-state index contributed by atoms with van der Waals surface area (Å²) in [6.07, 6.45) is 2.95. The molecule has 0 N–H and O–H groups in total. The van der Waals surface area contributed by atoms with Crippen molar-refractivity contribution in [1.29, 1.82) is 0 Å². The quantitative estimate of drug-likeness (QED) is 0.823. The van der Waals surface area contributed by atoms with Gasteiger partial charge in [-0.1, -0.05) is 0 Å². The third-order valence-electron chi connectivity index (χ3n) is 5.06. The van der Waals surface area contributed by atoms with Gasteiger partial charge in [0.15, 0.2) is 5.65 Å². The van der Waals surface area contributed by atoms with Crippen LogP contribution in [0.4, 0.5) is 4.79 Å². The molecule has 0 radical (unpaired) electrons. The summed E-state index contributed by atoms with van der Waals surface area (Å²) >= 11 is 0. The summed E-state index contributed by atoms with van der Waals surface area (Å²) in [5.74, 6) is -0.0255. The van der Waals surface area contributed by atoms with Crippen LogP contribution in [-0.2, 0) is 4.74 Å². The highest BCUT2D eigenvalue weighted by atomic mass is 16.6. The van der Waals surface area contributed by atoms with Crippen molar-refractivity contribution in [3.8, 4) is 0 Å². The van der Waals surface area contributed by atoms with E-state index in [0.717, 1.165) is 29.9 Å². The minimum Gasteiger partial charge on any atom is -0.448 e. The van der Waals surface area contributed by atoms with Crippen LogP contribution in [-0.4, -0.2) is 68.7 Å². The molecule has 0 unspecified atom stereocenters. The number of carbonyl (C=O) groups is 2. The standard InChI is InChI=1S/C17H21N5O3/c1-11-9-15-18-10-14(12(2)22(15)19-11)16(23)20-5-3-13(4-6-20)21-7-8-25-17(21)24/h9-10,13H,3-8H2,1-2H3. The van der Waals surface area contributed by atoms with Crippen molar-refractivity contribution < 1.29 is 14.3 Å². The maximum Gasteiger partial charge on any atom is 0.410 e. The zero-order valence-corrected chi connectivity index (χ0v) is 14.4. The van der Waals surface area contributed by atoms with Crippen molar-refractivity contribution in [3.05, 3.63) is 29.2 Å². The fourth-order valence-electron chi connectivity index (χ4n) is 3.66. The molecule has 8 heteroatoms. The number of hydrogen-bond donors (Lipinski definition) is 0. The number of carbonyl (C=O) groups excluding carboxylic acids is 2. The van der Waals surface area contributed by atoms with E-state index in [-0.39, 0.29) is 18.0 Å². The molecule has 25 heavy (non-hydrogen) atoms. The zero-order chi connectivity index (χ0) is 17.6. The average molecular weight is 343 g/mol. The summed E-state index contributed by atoms with van der Waals surface area (Å²) < 4.78 is 6.73. The summed E-state index contributed by atoms with van der Waals surface area (Å²) in [6.45, 7) is 6.17. The van der Waals surface area contributed by atoms with E-state index in [9.17, 15) is 9.59 Å². The first-order chi connectivity index (χ1) is 12.0. The summed E-state index contributed by atoms with van der Waals surface area (Å²) in [7, 11) is 0. The van der Waals surface area contributed by atoms with Crippen molar-refractivity contribution in [2.45, 2.75) is 32.7 Å². The van der Waals surface area contributed by atoms with Crippen LogP contribution in [0, 0.1) is 13.8 Å². The van der Waals surface area contributed by atoms with Gasteiger partial charge in [-0.15, -0.1) is 0 Å². The van der Waals surface area contributed by atoms with Crippen LogP contribution in [0.3, 0.4) is 0 Å². The number of aryl methyl sites for hydroxylation is 2. The van der Waals surface area contributed by atoms with Gasteiger partial charge in [0.1, 0.15) is 6.61 Å². The van der Waals surface area contributed by atoms with Crippen LogP contribution in [0.1, 0.15) is 34.6 Å². The largest absolute Gasteiger partial charge is 0.448 e. The first-order valence-corrected chi connectivity index (χ1v) is 8.59. The van der Waals surface area contributed by atoms with E-state index in [1.807, 2.05) is 24.8 Å². The predicted octanol–water partition coefficient (Wildman–Crippen LogP) is 1.40. The molecule has 0 atom stereocenters. The Labute approximate surface area is 145 Å². The first kappa shape index (κ1) is 15.9. The molecule has 0 spiro atoms. The van der Waals surface area contributed by atoms with Crippen LogP contribution in [0.5, 0.6) is 0 Å². The summed E-state index contributed by atoms with van der Waals surface area (Å²) in [5.41, 5.74) is 3.00. The highest BCUT2D eigenvalue weighted by molar-refractivity contribution is 5.95. The number of nitrogens with zero attached hydrogens (tertiary/aromatic N) is 5. The Morgan fingerprint density at radius 1 is 1.24 bits per heavy atom. The Balaban J connectivity index is 1.49. The van der Waals surface area contributed by atoms with Crippen molar-refractivity contribution in [2.75, 3.05) is 26.2 Å². The normalized spacial score (nSPS) is 18.9. The van der Waals surface area contributed by atoms with Crippen LogP contribution in [0.25, 0.3) is 5.65 Å². The molecule has 2 aliphatic rings. The van der Waals surface area contributed by atoms with Crippen molar-refractivity contribution >= 4 is 17.6 Å². The second-order valence-corrected chi connectivity index (χ2v) is 6.64. The summed E-state index contributed by atoms with van der Waals surface area (Å²) in [6, 6.07) is 2.05. The maximum atomic E-state index is 12.9. The van der Waals surface area contributed by atoms with Gasteiger partial charge in [-0.2, -0.15) is 5.10 Å².